The van der Waals surface area contributed by atoms with Gasteiger partial charge in [-0.2, -0.15) is 0 Å². The largest absolute Gasteiger partial charge is 0.449 e. The Kier molecular flexibility index (Phi) is 1.33. The quantitative estimate of drug-likeness (QED) is 0.545. The van der Waals surface area contributed by atoms with Crippen LogP contribution in [-0.4, -0.2) is 4.98 Å². The maximum absolute atomic E-state index is 4.90. The molecule has 0 N–H and O–H groups in total. The summed E-state index contributed by atoms with van der Waals surface area (Å²) in [6.45, 7) is 5.47. The summed E-state index contributed by atoms with van der Waals surface area (Å²) in [5.41, 5.74) is 0.919. The van der Waals surface area contributed by atoms with Gasteiger partial charge in [-0.1, -0.05) is 0 Å². The van der Waals surface area contributed by atoms with E-state index in [0.29, 0.717) is 12.3 Å². The van der Waals surface area contributed by atoms with Crippen LogP contribution in [0.25, 0.3) is 0 Å². The van der Waals surface area contributed by atoms with Crippen molar-refractivity contribution in [3.8, 4) is 0 Å². The fraction of sp³-hybridized carbons (Fsp3) is 0.333. The predicted octanol–water partition coefficient (Wildman–Crippen LogP) is 1.36. The van der Waals surface area contributed by atoms with Crippen LogP contribution in [0.4, 0.5) is 0 Å². The van der Waals surface area contributed by atoms with E-state index in [4.69, 9.17) is 4.42 Å². The van der Waals surface area contributed by atoms with Crippen LogP contribution in [0, 0.1) is 13.8 Å². The molecule has 0 fully saturated rings. The van der Waals surface area contributed by atoms with Crippen molar-refractivity contribution in [2.45, 2.75) is 13.3 Å². The maximum atomic E-state index is 4.90. The second-order valence-corrected chi connectivity index (χ2v) is 1.61. The summed E-state index contributed by atoms with van der Waals surface area (Å²) in [6, 6.07) is 0. The van der Waals surface area contributed by atoms with E-state index in [0.717, 1.165) is 5.69 Å². The third kappa shape index (κ3) is 0.886. The first-order chi connectivity index (χ1) is 3.83. The summed E-state index contributed by atoms with van der Waals surface area (Å²) in [5.74, 6) is 0.712. The molecule has 0 spiro atoms. The normalized spacial score (nSPS) is 9.75. The van der Waals surface area contributed by atoms with Gasteiger partial charge in [-0.3, -0.25) is 0 Å². The van der Waals surface area contributed by atoms with Crippen molar-refractivity contribution in [2.24, 2.45) is 0 Å². The van der Waals surface area contributed by atoms with Crippen LogP contribution in [0.5, 0.6) is 0 Å². The molecule has 1 rings (SSSR count). The van der Waals surface area contributed by atoms with Gasteiger partial charge in [0.15, 0.2) is 5.89 Å². The monoisotopic (exact) mass is 110 g/mol. The van der Waals surface area contributed by atoms with E-state index >= 15 is 0 Å². The van der Waals surface area contributed by atoms with Crippen LogP contribution >= 0.6 is 0 Å². The van der Waals surface area contributed by atoms with Crippen LogP contribution in [0.1, 0.15) is 11.6 Å². The minimum atomic E-state index is 0.706. The van der Waals surface area contributed by atoms with Gasteiger partial charge in [-0.15, -0.1) is 0 Å². The highest BCUT2D eigenvalue weighted by Crippen LogP contribution is 1.98. The van der Waals surface area contributed by atoms with Gasteiger partial charge in [0.2, 0.25) is 0 Å². The molecule has 0 aliphatic rings. The minimum absolute atomic E-state index is 0.706. The molecule has 0 saturated carbocycles. The summed E-state index contributed by atoms with van der Waals surface area (Å²) in [4.78, 5) is 4.00. The molecule has 0 aliphatic heterocycles. The Bertz CT molecular complexity index is 169. The van der Waals surface area contributed by atoms with Crippen LogP contribution in [0.15, 0.2) is 10.7 Å². The van der Waals surface area contributed by atoms with Crippen molar-refractivity contribution in [3.63, 3.8) is 0 Å². The van der Waals surface area contributed by atoms with Gasteiger partial charge in [0.1, 0.15) is 6.26 Å². The fourth-order valence-corrected chi connectivity index (χ4v) is 0.523. The van der Waals surface area contributed by atoms with E-state index in [1.807, 2.05) is 6.92 Å². The van der Waals surface area contributed by atoms with Gasteiger partial charge in [0, 0.05) is 6.92 Å². The van der Waals surface area contributed by atoms with E-state index in [-0.39, 0.29) is 0 Å². The van der Waals surface area contributed by atoms with Crippen molar-refractivity contribution in [1.29, 1.82) is 0 Å². The molecule has 1 aromatic heterocycles. The van der Waals surface area contributed by atoms with Crippen molar-refractivity contribution in [2.75, 3.05) is 0 Å². The minimum Gasteiger partial charge on any atom is -0.449 e. The molecule has 8 heavy (non-hydrogen) atoms. The van der Waals surface area contributed by atoms with Crippen LogP contribution in [0.2, 0.25) is 0 Å². The smallest absolute Gasteiger partial charge is 0.191 e. The molecular formula is C6H8NO. The number of nitrogens with zero attached hydrogens (tertiary/aromatic N) is 1. The topological polar surface area (TPSA) is 26.0 Å². The summed E-state index contributed by atoms with van der Waals surface area (Å²) in [5, 5.41) is 0. The molecule has 0 amide bonds. The Hall–Kier alpha value is -0.790. The Labute approximate surface area is 48.5 Å². The standard InChI is InChI=1S/C6H8NO/c1-3-6-4-8-5(2)7-6/h4H,1,3H2,2H3. The number of rotatable bonds is 1. The number of oxazole rings is 1. The second-order valence-electron chi connectivity index (χ2n) is 1.61. The van der Waals surface area contributed by atoms with Gasteiger partial charge < -0.3 is 4.42 Å². The zero-order valence-corrected chi connectivity index (χ0v) is 4.85. The van der Waals surface area contributed by atoms with Gasteiger partial charge in [0.25, 0.3) is 0 Å². The lowest BCUT2D eigenvalue weighted by Crippen LogP contribution is -1.77. The molecule has 0 aliphatic carbocycles. The van der Waals surface area contributed by atoms with Crippen molar-refractivity contribution in [3.05, 3.63) is 24.8 Å². The third-order valence-corrected chi connectivity index (χ3v) is 0.923. The highest BCUT2D eigenvalue weighted by Gasteiger charge is 1.92. The first-order valence-electron chi connectivity index (χ1n) is 2.53. The van der Waals surface area contributed by atoms with E-state index in [1.165, 1.54) is 0 Å². The molecular weight excluding hydrogens is 102 g/mol. The number of aromatic nitrogens is 1. The van der Waals surface area contributed by atoms with Gasteiger partial charge in [-0.25, -0.2) is 4.98 Å². The molecule has 0 saturated heterocycles. The van der Waals surface area contributed by atoms with E-state index in [2.05, 4.69) is 11.9 Å². The Morgan fingerprint density at radius 2 is 2.62 bits per heavy atom. The Balaban J connectivity index is 2.84. The average Bonchev–Trinajstić information content (AvgIpc) is 2.14. The summed E-state index contributed by atoms with van der Waals surface area (Å²) in [6.07, 6.45) is 2.33. The molecule has 1 aromatic rings. The van der Waals surface area contributed by atoms with Crippen molar-refractivity contribution >= 4 is 0 Å². The fourth-order valence-electron chi connectivity index (χ4n) is 0.523. The van der Waals surface area contributed by atoms with E-state index in [1.54, 1.807) is 6.26 Å². The van der Waals surface area contributed by atoms with Crippen LogP contribution < -0.4 is 0 Å². The highest BCUT2D eigenvalue weighted by atomic mass is 16.3. The maximum Gasteiger partial charge on any atom is 0.191 e. The lowest BCUT2D eigenvalue weighted by atomic mass is 10.4. The molecule has 2 nitrogen and oxygen atoms in total. The molecule has 0 aromatic carbocycles. The second kappa shape index (κ2) is 1.99. The molecule has 43 valence electrons. The molecule has 1 radical (unpaired) electrons. The van der Waals surface area contributed by atoms with Crippen LogP contribution in [-0.2, 0) is 6.42 Å². The Morgan fingerprint density at radius 3 is 2.88 bits per heavy atom. The van der Waals surface area contributed by atoms with Crippen molar-refractivity contribution < 1.29 is 4.42 Å². The van der Waals surface area contributed by atoms with Gasteiger partial charge >= 0.3 is 0 Å². The zero-order chi connectivity index (χ0) is 5.98. The zero-order valence-electron chi connectivity index (χ0n) is 4.85. The summed E-state index contributed by atoms with van der Waals surface area (Å²) < 4.78 is 4.90. The van der Waals surface area contributed by atoms with Crippen molar-refractivity contribution in [1.82, 2.24) is 4.98 Å². The van der Waals surface area contributed by atoms with Gasteiger partial charge in [0.05, 0.1) is 5.69 Å². The summed E-state index contributed by atoms with van der Waals surface area (Å²) in [7, 11) is 0. The van der Waals surface area contributed by atoms with Gasteiger partial charge in [-0.05, 0) is 13.3 Å². The molecule has 0 atom stereocenters. The molecule has 1 heterocycles. The number of hydrogen-bond donors (Lipinski definition) is 0. The average molecular weight is 110 g/mol. The van der Waals surface area contributed by atoms with E-state index in [9.17, 15) is 0 Å². The summed E-state index contributed by atoms with van der Waals surface area (Å²) >= 11 is 0. The third-order valence-electron chi connectivity index (χ3n) is 0.923. The Morgan fingerprint density at radius 1 is 1.88 bits per heavy atom. The molecule has 0 bridgehead atoms. The lowest BCUT2D eigenvalue weighted by molar-refractivity contribution is 0.520. The molecule has 0 unspecified atom stereocenters. The van der Waals surface area contributed by atoms with E-state index < -0.39 is 0 Å². The highest BCUT2D eigenvalue weighted by molar-refractivity contribution is 4.95. The number of hydrogen-bond acceptors (Lipinski definition) is 2. The van der Waals surface area contributed by atoms with Crippen LogP contribution in [0.3, 0.4) is 0 Å². The first-order valence-corrected chi connectivity index (χ1v) is 2.53. The number of aryl methyl sites for hydroxylation is 1. The molecule has 2 heteroatoms. The lowest BCUT2D eigenvalue weighted by Gasteiger charge is -1.76. The predicted molar refractivity (Wildman–Crippen MR) is 30.3 cm³/mol. The first kappa shape index (κ1) is 5.35. The SMILES string of the molecule is [CH2]Cc1coc(C)n1.